The minimum Gasteiger partial charge on any atom is -0.497 e. The van der Waals surface area contributed by atoms with Gasteiger partial charge in [0.15, 0.2) is 0 Å². The van der Waals surface area contributed by atoms with Crippen LogP contribution >= 0.6 is 11.8 Å². The lowest BCUT2D eigenvalue weighted by Crippen LogP contribution is -2.41. The Hall–Kier alpha value is -3.59. The second-order valence-electron chi connectivity index (χ2n) is 6.32. The number of carboxylic acids is 1. The van der Waals surface area contributed by atoms with Crippen molar-refractivity contribution in [1.82, 2.24) is 4.90 Å². The van der Waals surface area contributed by atoms with Crippen LogP contribution in [0.3, 0.4) is 0 Å². The number of hydrogen-bond acceptors (Lipinski definition) is 6. The molecule has 0 atom stereocenters. The number of para-hydroxylation sites is 1. The number of likely N-dealkylation sites (N-methyl/N-ethyl adjacent to an activating group) is 1. The first-order valence-corrected chi connectivity index (χ1v) is 9.61. The number of imide groups is 1. The molecule has 0 aromatic heterocycles. The third-order valence-corrected chi connectivity index (χ3v) is 5.34. The van der Waals surface area contributed by atoms with Gasteiger partial charge in [0, 0.05) is 7.05 Å². The van der Waals surface area contributed by atoms with E-state index in [9.17, 15) is 24.3 Å². The summed E-state index contributed by atoms with van der Waals surface area (Å²) in [7, 11) is 2.92. The second kappa shape index (κ2) is 8.83. The molecular weight excluding hydrogens is 408 g/mol. The molecule has 9 heteroatoms. The summed E-state index contributed by atoms with van der Waals surface area (Å²) in [5.41, 5.74) is 0.799. The van der Waals surface area contributed by atoms with Crippen LogP contribution in [0.1, 0.15) is 15.9 Å². The number of anilines is 1. The van der Waals surface area contributed by atoms with E-state index < -0.39 is 29.6 Å². The molecule has 2 aromatic carbocycles. The molecule has 154 valence electrons. The summed E-state index contributed by atoms with van der Waals surface area (Å²) in [6, 6.07) is 13.0. The van der Waals surface area contributed by atoms with Gasteiger partial charge in [-0.25, -0.2) is 4.79 Å². The van der Waals surface area contributed by atoms with Gasteiger partial charge in [0.05, 0.1) is 23.3 Å². The molecule has 3 amide bonds. The van der Waals surface area contributed by atoms with E-state index >= 15 is 0 Å². The van der Waals surface area contributed by atoms with Crippen molar-refractivity contribution in [2.45, 2.75) is 0 Å². The van der Waals surface area contributed by atoms with Gasteiger partial charge in [-0.3, -0.25) is 19.3 Å². The maximum Gasteiger partial charge on any atom is 0.337 e. The van der Waals surface area contributed by atoms with Gasteiger partial charge < -0.3 is 14.7 Å². The van der Waals surface area contributed by atoms with Crippen molar-refractivity contribution in [3.63, 3.8) is 0 Å². The Morgan fingerprint density at radius 2 is 1.90 bits per heavy atom. The van der Waals surface area contributed by atoms with Crippen molar-refractivity contribution >= 4 is 46.5 Å². The molecule has 0 aliphatic carbocycles. The summed E-state index contributed by atoms with van der Waals surface area (Å²) in [6.45, 7) is -0.495. The molecule has 1 N–H and O–H groups in total. The lowest BCUT2D eigenvalue weighted by atomic mass is 10.1. The molecule has 0 saturated carbocycles. The van der Waals surface area contributed by atoms with E-state index in [-0.39, 0.29) is 16.2 Å². The number of nitrogens with zero attached hydrogens (tertiary/aromatic N) is 2. The normalized spacial score (nSPS) is 14.9. The Kier molecular flexibility index (Phi) is 6.22. The number of benzene rings is 2. The van der Waals surface area contributed by atoms with Gasteiger partial charge in [-0.05, 0) is 47.7 Å². The van der Waals surface area contributed by atoms with E-state index in [1.54, 1.807) is 42.5 Å². The monoisotopic (exact) mass is 426 g/mol. The summed E-state index contributed by atoms with van der Waals surface area (Å²) in [4.78, 5) is 51.2. The summed E-state index contributed by atoms with van der Waals surface area (Å²) >= 11 is 0.741. The fourth-order valence-corrected chi connectivity index (χ4v) is 3.68. The van der Waals surface area contributed by atoms with Gasteiger partial charge in [0.2, 0.25) is 5.91 Å². The minimum atomic E-state index is -1.18. The molecule has 30 heavy (non-hydrogen) atoms. The summed E-state index contributed by atoms with van der Waals surface area (Å²) in [6.07, 6.45) is 1.56. The van der Waals surface area contributed by atoms with E-state index in [0.29, 0.717) is 11.3 Å². The number of carbonyl (C=O) groups excluding carboxylic acids is 3. The third-order valence-electron chi connectivity index (χ3n) is 4.43. The molecule has 8 nitrogen and oxygen atoms in total. The predicted molar refractivity (Wildman–Crippen MR) is 112 cm³/mol. The van der Waals surface area contributed by atoms with Crippen LogP contribution in [0.15, 0.2) is 53.4 Å². The lowest BCUT2D eigenvalue weighted by Gasteiger charge is -2.21. The number of amides is 3. The molecule has 1 saturated heterocycles. The summed E-state index contributed by atoms with van der Waals surface area (Å²) < 4.78 is 5.15. The Morgan fingerprint density at radius 3 is 2.60 bits per heavy atom. The van der Waals surface area contributed by atoms with Gasteiger partial charge in [0.25, 0.3) is 11.1 Å². The highest BCUT2D eigenvalue weighted by atomic mass is 32.2. The van der Waals surface area contributed by atoms with Gasteiger partial charge in [-0.1, -0.05) is 24.3 Å². The van der Waals surface area contributed by atoms with Gasteiger partial charge in [0.1, 0.15) is 12.3 Å². The van der Waals surface area contributed by atoms with Crippen LogP contribution in [0.25, 0.3) is 6.08 Å². The zero-order valence-electron chi connectivity index (χ0n) is 16.2. The van der Waals surface area contributed by atoms with Crippen LogP contribution in [0, 0.1) is 0 Å². The van der Waals surface area contributed by atoms with Gasteiger partial charge in [-0.15, -0.1) is 0 Å². The van der Waals surface area contributed by atoms with Crippen LogP contribution in [0.5, 0.6) is 5.75 Å². The molecule has 1 aliphatic heterocycles. The van der Waals surface area contributed by atoms with Crippen LogP contribution < -0.4 is 9.64 Å². The Balaban J connectivity index is 1.78. The molecular formula is C21H18N2O6S. The first-order valence-electron chi connectivity index (χ1n) is 8.80. The lowest BCUT2D eigenvalue weighted by molar-refractivity contribution is -0.128. The van der Waals surface area contributed by atoms with E-state index in [0.717, 1.165) is 21.6 Å². The fraction of sp³-hybridized carbons (Fsp3) is 0.143. The Bertz CT molecular complexity index is 1060. The number of rotatable bonds is 6. The number of carboxylic acid groups (broad SMARTS) is 1. The molecule has 2 aromatic rings. The number of hydrogen-bond donors (Lipinski definition) is 1. The van der Waals surface area contributed by atoms with Crippen molar-refractivity contribution < 1.29 is 29.0 Å². The largest absolute Gasteiger partial charge is 0.497 e. The Labute approximate surface area is 176 Å². The van der Waals surface area contributed by atoms with E-state index in [4.69, 9.17) is 4.74 Å². The van der Waals surface area contributed by atoms with Crippen LogP contribution in [0.4, 0.5) is 10.5 Å². The summed E-state index contributed by atoms with van der Waals surface area (Å²) in [5, 5.41) is 8.73. The maximum absolute atomic E-state index is 12.7. The Morgan fingerprint density at radius 1 is 1.17 bits per heavy atom. The van der Waals surface area contributed by atoms with Crippen LogP contribution in [-0.2, 0) is 9.59 Å². The first kappa shape index (κ1) is 21.1. The van der Waals surface area contributed by atoms with E-state index in [1.807, 2.05) is 0 Å². The maximum atomic E-state index is 12.7. The molecule has 0 radical (unpaired) electrons. The highest BCUT2D eigenvalue weighted by Crippen LogP contribution is 2.33. The molecule has 3 rings (SSSR count). The minimum absolute atomic E-state index is 0.0552. The first-order chi connectivity index (χ1) is 14.3. The molecule has 0 bridgehead atoms. The number of methoxy groups -OCH3 is 1. The number of thioether (sulfide) groups is 1. The quantitative estimate of drug-likeness (QED) is 0.708. The van der Waals surface area contributed by atoms with Crippen LogP contribution in [-0.4, -0.2) is 53.7 Å². The molecule has 1 aliphatic rings. The zero-order valence-corrected chi connectivity index (χ0v) is 17.0. The highest BCUT2D eigenvalue weighted by Gasteiger charge is 2.37. The average molecular weight is 426 g/mol. The zero-order chi connectivity index (χ0) is 21.8. The molecule has 1 heterocycles. The predicted octanol–water partition coefficient (Wildman–Crippen LogP) is 3.09. The van der Waals surface area contributed by atoms with Gasteiger partial charge in [-0.2, -0.15) is 0 Å². The standard InChI is InChI=1S/C21H18N2O6S/c1-22(16-9-4-3-8-15(16)20(26)27)18(24)12-23-19(25)17(30-21(23)28)11-13-6-5-7-14(10-13)29-2/h3-11H,12H2,1-2H3,(H,26,27)/b17-11-. The van der Waals surface area contributed by atoms with Crippen molar-refractivity contribution in [1.29, 1.82) is 0 Å². The number of carbonyl (C=O) groups is 4. The van der Waals surface area contributed by atoms with E-state index in [1.165, 1.54) is 26.3 Å². The van der Waals surface area contributed by atoms with Crippen molar-refractivity contribution in [2.24, 2.45) is 0 Å². The van der Waals surface area contributed by atoms with Crippen molar-refractivity contribution in [2.75, 3.05) is 25.6 Å². The van der Waals surface area contributed by atoms with Crippen LogP contribution in [0.2, 0.25) is 0 Å². The van der Waals surface area contributed by atoms with E-state index in [2.05, 4.69) is 0 Å². The SMILES string of the molecule is COc1cccc(/C=C2\SC(=O)N(CC(=O)N(C)c3ccccc3C(=O)O)C2=O)c1. The van der Waals surface area contributed by atoms with Crippen molar-refractivity contribution in [3.05, 3.63) is 64.6 Å². The number of aromatic carboxylic acids is 1. The molecule has 1 fully saturated rings. The topological polar surface area (TPSA) is 104 Å². The van der Waals surface area contributed by atoms with Crippen molar-refractivity contribution in [3.8, 4) is 5.75 Å². The van der Waals surface area contributed by atoms with Gasteiger partial charge >= 0.3 is 5.97 Å². The third kappa shape index (κ3) is 4.36. The smallest absolute Gasteiger partial charge is 0.337 e. The highest BCUT2D eigenvalue weighted by molar-refractivity contribution is 8.18. The summed E-state index contributed by atoms with van der Waals surface area (Å²) in [5.74, 6) is -1.75. The molecule has 0 unspecified atom stereocenters. The molecule has 0 spiro atoms. The average Bonchev–Trinajstić information content (AvgIpc) is 3.00. The second-order valence-corrected chi connectivity index (χ2v) is 7.31. The number of ether oxygens (including phenoxy) is 1. The fourth-order valence-electron chi connectivity index (χ4n) is 2.84.